The Hall–Kier alpha value is -1.71. The number of carbonyl (C=O) groups is 1. The molecular formula is C20H36IN5O2. The molecule has 0 spiro atoms. The summed E-state index contributed by atoms with van der Waals surface area (Å²) in [6.07, 6.45) is -0.417. The van der Waals surface area contributed by atoms with E-state index in [0.29, 0.717) is 25.0 Å². The molecule has 7 nitrogen and oxygen atoms in total. The third kappa shape index (κ3) is 11.9. The molecule has 1 atom stereocenters. The van der Waals surface area contributed by atoms with Crippen molar-refractivity contribution in [2.75, 3.05) is 32.0 Å². The number of halogens is 1. The van der Waals surface area contributed by atoms with E-state index in [1.54, 1.807) is 7.05 Å². The zero-order valence-electron chi connectivity index (χ0n) is 17.8. The Kier molecular flexibility index (Phi) is 12.6. The number of guanidine groups is 1. The highest BCUT2D eigenvalue weighted by Gasteiger charge is 2.16. The number of hydrogen-bond donors (Lipinski definition) is 4. The third-order valence-corrected chi connectivity index (χ3v) is 3.73. The van der Waals surface area contributed by atoms with Crippen LogP contribution >= 0.6 is 24.0 Å². The highest BCUT2D eigenvalue weighted by atomic mass is 127. The Morgan fingerprint density at radius 2 is 1.68 bits per heavy atom. The van der Waals surface area contributed by atoms with Crippen LogP contribution in [0.2, 0.25) is 0 Å². The van der Waals surface area contributed by atoms with Crippen molar-refractivity contribution in [3.05, 3.63) is 30.3 Å². The predicted molar refractivity (Wildman–Crippen MR) is 128 cm³/mol. The predicted octanol–water partition coefficient (Wildman–Crippen LogP) is 3.43. The van der Waals surface area contributed by atoms with E-state index in [0.717, 1.165) is 12.2 Å². The normalized spacial score (nSPS) is 12.6. The Morgan fingerprint density at radius 3 is 2.21 bits per heavy atom. The molecule has 0 bridgehead atoms. The first kappa shape index (κ1) is 26.3. The topological polar surface area (TPSA) is 86.8 Å². The molecule has 160 valence electrons. The van der Waals surface area contributed by atoms with E-state index < -0.39 is 11.7 Å². The van der Waals surface area contributed by atoms with Crippen LogP contribution < -0.4 is 21.3 Å². The molecule has 0 fully saturated rings. The summed E-state index contributed by atoms with van der Waals surface area (Å²) >= 11 is 0. The van der Waals surface area contributed by atoms with E-state index in [-0.39, 0.29) is 30.0 Å². The number of para-hydroxylation sites is 1. The molecule has 1 amide bonds. The molecule has 8 heteroatoms. The Morgan fingerprint density at radius 1 is 1.07 bits per heavy atom. The van der Waals surface area contributed by atoms with E-state index in [9.17, 15) is 4.79 Å². The summed E-state index contributed by atoms with van der Waals surface area (Å²) in [6.45, 7) is 11.6. The lowest BCUT2D eigenvalue weighted by molar-refractivity contribution is 0.0529. The molecule has 0 aliphatic heterocycles. The number of nitrogens with zero attached hydrogens (tertiary/aromatic N) is 1. The standard InChI is InChI=1S/C20H35N5O2.HI/c1-15(2)17(25-16-10-8-7-9-11-16)14-24-18(21-6)22-12-13-23-19(26)27-20(3,4)5;/h7-11,15,17,25H,12-14H2,1-6H3,(H,23,26)(H2,21,22,24);1H. The Labute approximate surface area is 186 Å². The Bertz CT molecular complexity index is 588. The largest absolute Gasteiger partial charge is 0.444 e. The minimum Gasteiger partial charge on any atom is -0.444 e. The van der Waals surface area contributed by atoms with Gasteiger partial charge in [-0.2, -0.15) is 0 Å². The van der Waals surface area contributed by atoms with Crippen LogP contribution in [-0.4, -0.2) is 50.4 Å². The third-order valence-electron chi connectivity index (χ3n) is 3.73. The second-order valence-electron chi connectivity index (χ2n) is 7.67. The zero-order chi connectivity index (χ0) is 20.3. The fraction of sp³-hybridized carbons (Fsp3) is 0.600. The van der Waals surface area contributed by atoms with Gasteiger partial charge in [0.25, 0.3) is 0 Å². The second-order valence-corrected chi connectivity index (χ2v) is 7.67. The first-order valence-electron chi connectivity index (χ1n) is 9.44. The van der Waals surface area contributed by atoms with E-state index in [1.165, 1.54) is 0 Å². The molecule has 0 aromatic heterocycles. The van der Waals surface area contributed by atoms with Crippen LogP contribution in [0, 0.1) is 5.92 Å². The minimum atomic E-state index is -0.493. The van der Waals surface area contributed by atoms with Gasteiger partial charge in [-0.1, -0.05) is 32.0 Å². The molecule has 0 aliphatic carbocycles. The van der Waals surface area contributed by atoms with Gasteiger partial charge in [-0.05, 0) is 38.8 Å². The molecule has 0 aliphatic rings. The van der Waals surface area contributed by atoms with Crippen LogP contribution in [0.25, 0.3) is 0 Å². The van der Waals surface area contributed by atoms with Gasteiger partial charge in [0.15, 0.2) is 5.96 Å². The lowest BCUT2D eigenvalue weighted by atomic mass is 10.0. The quantitative estimate of drug-likeness (QED) is 0.188. The fourth-order valence-corrected chi connectivity index (χ4v) is 2.29. The van der Waals surface area contributed by atoms with Gasteiger partial charge in [0, 0.05) is 38.4 Å². The van der Waals surface area contributed by atoms with Crippen LogP contribution in [0.5, 0.6) is 0 Å². The Balaban J connectivity index is 0.00000729. The average Bonchev–Trinajstić information content (AvgIpc) is 2.59. The summed E-state index contributed by atoms with van der Waals surface area (Å²) in [7, 11) is 1.73. The summed E-state index contributed by atoms with van der Waals surface area (Å²) in [4.78, 5) is 15.8. The van der Waals surface area contributed by atoms with Crippen LogP contribution in [-0.2, 0) is 4.74 Å². The van der Waals surface area contributed by atoms with Gasteiger partial charge in [-0.25, -0.2) is 4.79 Å². The molecular weight excluding hydrogens is 469 g/mol. The summed E-state index contributed by atoms with van der Waals surface area (Å²) < 4.78 is 5.20. The summed E-state index contributed by atoms with van der Waals surface area (Å²) in [5, 5.41) is 12.8. The van der Waals surface area contributed by atoms with Gasteiger partial charge < -0.3 is 26.0 Å². The number of amides is 1. The first-order chi connectivity index (χ1) is 12.7. The van der Waals surface area contributed by atoms with Gasteiger partial charge in [0.1, 0.15) is 5.60 Å². The van der Waals surface area contributed by atoms with E-state index in [4.69, 9.17) is 4.74 Å². The van der Waals surface area contributed by atoms with Crippen LogP contribution in [0.4, 0.5) is 10.5 Å². The monoisotopic (exact) mass is 505 g/mol. The molecule has 28 heavy (non-hydrogen) atoms. The maximum Gasteiger partial charge on any atom is 0.407 e. The number of carbonyl (C=O) groups excluding carboxylic acids is 1. The number of rotatable bonds is 8. The van der Waals surface area contributed by atoms with Crippen LogP contribution in [0.3, 0.4) is 0 Å². The highest BCUT2D eigenvalue weighted by molar-refractivity contribution is 14.0. The smallest absolute Gasteiger partial charge is 0.407 e. The van der Waals surface area contributed by atoms with Gasteiger partial charge in [0.2, 0.25) is 0 Å². The van der Waals surface area contributed by atoms with E-state index in [1.807, 2.05) is 39.0 Å². The molecule has 0 radical (unpaired) electrons. The van der Waals surface area contributed by atoms with Gasteiger partial charge >= 0.3 is 6.09 Å². The maximum atomic E-state index is 11.6. The molecule has 1 aromatic carbocycles. The van der Waals surface area contributed by atoms with Crippen molar-refractivity contribution in [2.24, 2.45) is 10.9 Å². The number of hydrogen-bond acceptors (Lipinski definition) is 4. The number of benzene rings is 1. The summed E-state index contributed by atoms with van der Waals surface area (Å²) in [5.41, 5.74) is 0.606. The number of aliphatic imine (C=N–C) groups is 1. The van der Waals surface area contributed by atoms with Crippen LogP contribution in [0.15, 0.2) is 35.3 Å². The molecule has 4 N–H and O–H groups in total. The van der Waals surface area contributed by atoms with Crippen LogP contribution in [0.1, 0.15) is 34.6 Å². The second kappa shape index (κ2) is 13.5. The van der Waals surface area contributed by atoms with E-state index in [2.05, 4.69) is 52.2 Å². The van der Waals surface area contributed by atoms with Crippen molar-refractivity contribution in [3.8, 4) is 0 Å². The van der Waals surface area contributed by atoms with E-state index >= 15 is 0 Å². The van der Waals surface area contributed by atoms with Gasteiger partial charge in [-0.15, -0.1) is 24.0 Å². The van der Waals surface area contributed by atoms with Gasteiger partial charge in [0.05, 0.1) is 0 Å². The van der Waals surface area contributed by atoms with Crippen molar-refractivity contribution in [2.45, 2.75) is 46.3 Å². The zero-order valence-corrected chi connectivity index (χ0v) is 20.2. The number of anilines is 1. The fourth-order valence-electron chi connectivity index (χ4n) is 2.29. The average molecular weight is 505 g/mol. The number of nitrogens with one attached hydrogen (secondary N) is 4. The summed E-state index contributed by atoms with van der Waals surface area (Å²) in [5.74, 6) is 1.14. The highest BCUT2D eigenvalue weighted by Crippen LogP contribution is 2.11. The molecule has 0 saturated carbocycles. The SMILES string of the molecule is CN=C(NCCNC(=O)OC(C)(C)C)NCC(Nc1ccccc1)C(C)C.I. The lowest BCUT2D eigenvalue weighted by Gasteiger charge is -2.25. The van der Waals surface area contributed by atoms with Crippen molar-refractivity contribution in [1.29, 1.82) is 0 Å². The molecule has 0 heterocycles. The van der Waals surface area contributed by atoms with Crippen molar-refractivity contribution in [3.63, 3.8) is 0 Å². The molecule has 1 unspecified atom stereocenters. The molecule has 0 saturated heterocycles. The lowest BCUT2D eigenvalue weighted by Crippen LogP contribution is -2.46. The maximum absolute atomic E-state index is 11.6. The minimum absolute atomic E-state index is 0. The van der Waals surface area contributed by atoms with Crippen molar-refractivity contribution >= 4 is 41.7 Å². The first-order valence-corrected chi connectivity index (χ1v) is 9.44. The van der Waals surface area contributed by atoms with Gasteiger partial charge in [-0.3, -0.25) is 4.99 Å². The number of ether oxygens (including phenoxy) is 1. The van der Waals surface area contributed by atoms with Crippen molar-refractivity contribution in [1.82, 2.24) is 16.0 Å². The number of alkyl carbamates (subject to hydrolysis) is 1. The summed E-state index contributed by atoms with van der Waals surface area (Å²) in [6, 6.07) is 10.4. The molecule has 1 aromatic rings. The molecule has 1 rings (SSSR count). The van der Waals surface area contributed by atoms with Crippen molar-refractivity contribution < 1.29 is 9.53 Å².